The zero-order chi connectivity index (χ0) is 13.4. The zero-order valence-corrected chi connectivity index (χ0v) is 11.0. The van der Waals surface area contributed by atoms with Crippen molar-refractivity contribution in [1.82, 2.24) is 4.90 Å². The van der Waals surface area contributed by atoms with Crippen LogP contribution in [-0.4, -0.2) is 19.0 Å². The van der Waals surface area contributed by atoms with Gasteiger partial charge in [-0.2, -0.15) is 0 Å². The van der Waals surface area contributed by atoms with E-state index in [1.807, 2.05) is 38.4 Å². The molecule has 0 unspecified atom stereocenters. The lowest BCUT2D eigenvalue weighted by atomic mass is 10.0. The Bertz CT molecular complexity index is 803. The maximum atomic E-state index is 11.6. The molecule has 3 nitrogen and oxygen atoms in total. The van der Waals surface area contributed by atoms with Gasteiger partial charge in [-0.1, -0.05) is 30.3 Å². The lowest BCUT2D eigenvalue weighted by Gasteiger charge is -2.12. The van der Waals surface area contributed by atoms with Crippen LogP contribution in [0, 0.1) is 0 Å². The Morgan fingerprint density at radius 3 is 2.68 bits per heavy atom. The summed E-state index contributed by atoms with van der Waals surface area (Å²) >= 11 is 0. The second-order valence-corrected chi connectivity index (χ2v) is 4.99. The van der Waals surface area contributed by atoms with E-state index in [0.717, 1.165) is 28.3 Å². The number of fused-ring (bicyclic) bond motifs is 3. The predicted octanol–water partition coefficient (Wildman–Crippen LogP) is 3.01. The summed E-state index contributed by atoms with van der Waals surface area (Å²) in [5.41, 5.74) is 1.37. The summed E-state index contributed by atoms with van der Waals surface area (Å²) in [6, 6.07) is 13.6. The van der Waals surface area contributed by atoms with Crippen LogP contribution in [0.15, 0.2) is 51.7 Å². The van der Waals surface area contributed by atoms with E-state index >= 15 is 0 Å². The van der Waals surface area contributed by atoms with Gasteiger partial charge < -0.3 is 9.32 Å². The van der Waals surface area contributed by atoms with Crippen LogP contribution in [0.4, 0.5) is 0 Å². The molecule has 0 N–H and O–H groups in total. The van der Waals surface area contributed by atoms with E-state index < -0.39 is 0 Å². The molecule has 3 heteroatoms. The van der Waals surface area contributed by atoms with Crippen LogP contribution in [0.3, 0.4) is 0 Å². The van der Waals surface area contributed by atoms with Gasteiger partial charge in [0.05, 0.1) is 0 Å². The highest BCUT2D eigenvalue weighted by atomic mass is 16.4. The molecule has 3 rings (SSSR count). The van der Waals surface area contributed by atoms with Crippen LogP contribution in [-0.2, 0) is 6.54 Å². The van der Waals surface area contributed by atoms with Crippen molar-refractivity contribution in [1.29, 1.82) is 0 Å². The van der Waals surface area contributed by atoms with E-state index in [1.54, 1.807) is 6.07 Å². The first-order valence-electron chi connectivity index (χ1n) is 6.24. The monoisotopic (exact) mass is 253 g/mol. The molecule has 96 valence electrons. The van der Waals surface area contributed by atoms with Gasteiger partial charge in [0.2, 0.25) is 0 Å². The van der Waals surface area contributed by atoms with Crippen LogP contribution >= 0.6 is 0 Å². The Balaban J connectivity index is 2.45. The molecule has 19 heavy (non-hydrogen) atoms. The third-order valence-corrected chi connectivity index (χ3v) is 3.20. The molecule has 0 bridgehead atoms. The van der Waals surface area contributed by atoms with Gasteiger partial charge in [-0.15, -0.1) is 0 Å². The molecule has 0 aliphatic rings. The molecule has 0 aliphatic carbocycles. The topological polar surface area (TPSA) is 33.5 Å². The van der Waals surface area contributed by atoms with Gasteiger partial charge in [-0.25, -0.2) is 4.79 Å². The fourth-order valence-corrected chi connectivity index (χ4v) is 2.49. The summed E-state index contributed by atoms with van der Waals surface area (Å²) < 4.78 is 5.32. The molecule has 1 aromatic heterocycles. The van der Waals surface area contributed by atoms with E-state index in [1.165, 1.54) is 0 Å². The number of hydrogen-bond acceptors (Lipinski definition) is 3. The van der Waals surface area contributed by atoms with Gasteiger partial charge in [-0.05, 0) is 36.5 Å². The molecule has 0 spiro atoms. The molecular weight excluding hydrogens is 238 g/mol. The Hall–Kier alpha value is -2.13. The van der Waals surface area contributed by atoms with Crippen molar-refractivity contribution in [3.63, 3.8) is 0 Å². The first-order chi connectivity index (χ1) is 9.15. The molecule has 1 heterocycles. The van der Waals surface area contributed by atoms with E-state index in [-0.39, 0.29) is 5.63 Å². The van der Waals surface area contributed by atoms with E-state index in [4.69, 9.17) is 4.42 Å². The van der Waals surface area contributed by atoms with Gasteiger partial charge in [-0.3, -0.25) is 0 Å². The largest absolute Gasteiger partial charge is 0.423 e. The van der Waals surface area contributed by atoms with Crippen molar-refractivity contribution in [2.75, 3.05) is 14.1 Å². The molecule has 3 aromatic rings. The molecule has 0 amide bonds. The molecule has 0 atom stereocenters. The normalized spacial score (nSPS) is 11.5. The van der Waals surface area contributed by atoms with Crippen molar-refractivity contribution >= 4 is 21.7 Å². The van der Waals surface area contributed by atoms with Crippen molar-refractivity contribution in [2.24, 2.45) is 0 Å². The summed E-state index contributed by atoms with van der Waals surface area (Å²) in [4.78, 5) is 13.7. The minimum Gasteiger partial charge on any atom is -0.423 e. The first-order valence-corrected chi connectivity index (χ1v) is 6.24. The number of hydrogen-bond donors (Lipinski definition) is 0. The van der Waals surface area contributed by atoms with E-state index in [0.29, 0.717) is 5.58 Å². The quantitative estimate of drug-likeness (QED) is 0.520. The van der Waals surface area contributed by atoms with Crippen LogP contribution < -0.4 is 5.63 Å². The minimum atomic E-state index is -0.292. The SMILES string of the molecule is CN(C)Cc1cc(=O)oc2ccc3ccccc3c12. The third kappa shape index (κ3) is 2.13. The lowest BCUT2D eigenvalue weighted by molar-refractivity contribution is 0.402. The molecule has 2 aromatic carbocycles. The Morgan fingerprint density at radius 2 is 1.89 bits per heavy atom. The summed E-state index contributed by atoms with van der Waals surface area (Å²) in [7, 11) is 3.98. The molecule has 0 aliphatic heterocycles. The van der Waals surface area contributed by atoms with Gasteiger partial charge in [0.15, 0.2) is 0 Å². The van der Waals surface area contributed by atoms with Crippen molar-refractivity contribution in [3.8, 4) is 0 Å². The average Bonchev–Trinajstić information content (AvgIpc) is 2.37. The molecule has 0 radical (unpaired) electrons. The van der Waals surface area contributed by atoms with Gasteiger partial charge in [0.1, 0.15) is 5.58 Å². The van der Waals surface area contributed by atoms with Crippen LogP contribution in [0.5, 0.6) is 0 Å². The van der Waals surface area contributed by atoms with Crippen LogP contribution in [0.1, 0.15) is 5.56 Å². The highest BCUT2D eigenvalue weighted by Gasteiger charge is 2.09. The van der Waals surface area contributed by atoms with Gasteiger partial charge in [0.25, 0.3) is 0 Å². The van der Waals surface area contributed by atoms with Gasteiger partial charge in [0, 0.05) is 18.0 Å². The van der Waals surface area contributed by atoms with Crippen molar-refractivity contribution < 1.29 is 4.42 Å². The molecular formula is C16H15NO2. The third-order valence-electron chi connectivity index (χ3n) is 3.20. The number of rotatable bonds is 2. The first kappa shape index (κ1) is 11.9. The van der Waals surface area contributed by atoms with Crippen LogP contribution in [0.2, 0.25) is 0 Å². The molecule has 0 fully saturated rings. The highest BCUT2D eigenvalue weighted by molar-refractivity contribution is 6.07. The highest BCUT2D eigenvalue weighted by Crippen LogP contribution is 2.27. The Labute approximate surface area is 111 Å². The smallest absolute Gasteiger partial charge is 0.336 e. The Morgan fingerprint density at radius 1 is 1.11 bits per heavy atom. The Kier molecular flexibility index (Phi) is 2.84. The maximum Gasteiger partial charge on any atom is 0.336 e. The molecule has 0 saturated carbocycles. The van der Waals surface area contributed by atoms with Crippen LogP contribution in [0.25, 0.3) is 21.7 Å². The van der Waals surface area contributed by atoms with E-state index in [2.05, 4.69) is 17.0 Å². The van der Waals surface area contributed by atoms with E-state index in [9.17, 15) is 4.79 Å². The second kappa shape index (κ2) is 4.52. The standard InChI is InChI=1S/C16H15NO2/c1-17(2)10-12-9-15(18)19-14-8-7-11-5-3-4-6-13(11)16(12)14/h3-9H,10H2,1-2H3. The number of nitrogens with zero attached hydrogens (tertiary/aromatic N) is 1. The summed E-state index contributed by atoms with van der Waals surface area (Å²) in [6.07, 6.45) is 0. The average molecular weight is 253 g/mol. The van der Waals surface area contributed by atoms with Crippen molar-refractivity contribution in [3.05, 3.63) is 58.4 Å². The number of benzene rings is 2. The minimum absolute atomic E-state index is 0.292. The summed E-state index contributed by atoms with van der Waals surface area (Å²) in [5, 5.41) is 3.32. The van der Waals surface area contributed by atoms with Crippen molar-refractivity contribution in [2.45, 2.75) is 6.54 Å². The maximum absolute atomic E-state index is 11.6. The fraction of sp³-hybridized carbons (Fsp3) is 0.188. The second-order valence-electron chi connectivity index (χ2n) is 4.99. The summed E-state index contributed by atoms with van der Waals surface area (Å²) in [5.74, 6) is 0. The fourth-order valence-electron chi connectivity index (χ4n) is 2.49. The predicted molar refractivity (Wildman–Crippen MR) is 77.4 cm³/mol. The lowest BCUT2D eigenvalue weighted by Crippen LogP contribution is -2.13. The van der Waals surface area contributed by atoms with Gasteiger partial charge >= 0.3 is 5.63 Å². The molecule has 0 saturated heterocycles. The zero-order valence-electron chi connectivity index (χ0n) is 11.0. The summed E-state index contributed by atoms with van der Waals surface area (Å²) in [6.45, 7) is 0.718.